The van der Waals surface area contributed by atoms with Gasteiger partial charge in [-0.3, -0.25) is 0 Å². The molecular weight excluding hydrogens is 103 g/mol. The Morgan fingerprint density at radius 2 is 2.20 bits per heavy atom. The van der Waals surface area contributed by atoms with E-state index in [-0.39, 0.29) is 0 Å². The molecule has 0 aliphatic carbocycles. The molecule has 1 nitrogen and oxygen atoms in total. The minimum absolute atomic E-state index is 1.29. The van der Waals surface area contributed by atoms with Crippen LogP contribution in [0.5, 0.6) is 0 Å². The van der Waals surface area contributed by atoms with Crippen LogP contribution in [0.2, 0.25) is 0 Å². The van der Waals surface area contributed by atoms with Gasteiger partial charge < -0.3 is 0 Å². The molecular formula is C2H4OPS+. The summed E-state index contributed by atoms with van der Waals surface area (Å²) in [6.07, 6.45) is 0. The average Bonchev–Trinajstić information content (AvgIpc) is 1.38. The summed E-state index contributed by atoms with van der Waals surface area (Å²) in [5, 5.41) is 0. The van der Waals surface area contributed by atoms with Gasteiger partial charge in [0.25, 0.3) is 0 Å². The molecule has 28 valence electrons. The van der Waals surface area contributed by atoms with Crippen LogP contribution in [0.4, 0.5) is 0 Å². The molecule has 1 atom stereocenters. The first-order chi connectivity index (χ1) is 2.27. The molecule has 0 fully saturated rings. The Morgan fingerprint density at radius 1 is 2.00 bits per heavy atom. The number of rotatable bonds is 1. The fourth-order valence-corrected chi connectivity index (χ4v) is 0. The van der Waals surface area contributed by atoms with Gasteiger partial charge in [-0.15, -0.1) is 0 Å². The van der Waals surface area contributed by atoms with E-state index in [1.165, 1.54) is 5.82 Å². The maximum atomic E-state index is 9.71. The molecule has 0 saturated heterocycles. The average molecular weight is 107 g/mol. The van der Waals surface area contributed by atoms with Crippen molar-refractivity contribution in [1.29, 1.82) is 0 Å². The van der Waals surface area contributed by atoms with E-state index in [1.807, 2.05) is 0 Å². The van der Waals surface area contributed by atoms with Crippen LogP contribution < -0.4 is 0 Å². The van der Waals surface area contributed by atoms with E-state index in [4.69, 9.17) is 0 Å². The van der Waals surface area contributed by atoms with Crippen molar-refractivity contribution in [2.45, 2.75) is 0 Å². The molecule has 0 saturated carbocycles. The smallest absolute Gasteiger partial charge is 0.0538 e. The number of hydrogen-bond acceptors (Lipinski definition) is 1. The molecule has 0 aromatic rings. The van der Waals surface area contributed by atoms with E-state index in [1.54, 1.807) is 0 Å². The van der Waals surface area contributed by atoms with E-state index in [0.717, 1.165) is 0 Å². The van der Waals surface area contributed by atoms with Crippen LogP contribution >= 0.6 is 19.3 Å². The first-order valence-electron chi connectivity index (χ1n) is 1.05. The Bertz CT molecular complexity index is 60.7. The van der Waals surface area contributed by atoms with Gasteiger partial charge in [-0.05, 0) is 0 Å². The fraction of sp³-hybridized carbons (Fsp3) is 0. The second kappa shape index (κ2) is 2.43. The van der Waals surface area contributed by atoms with E-state index in [0.29, 0.717) is 0 Å². The summed E-state index contributed by atoms with van der Waals surface area (Å²) in [6.45, 7) is 3.20. The lowest BCUT2D eigenvalue weighted by atomic mass is 11.3. The fourth-order valence-electron chi connectivity index (χ4n) is 0. The Balaban J connectivity index is 3.20. The number of hydrogen-bond donors (Lipinski definition) is 1. The second-order valence-corrected chi connectivity index (χ2v) is 2.64. The largest absolute Gasteiger partial charge is 0.437 e. The lowest BCUT2D eigenvalue weighted by Crippen LogP contribution is -1.18. The molecule has 0 rings (SSSR count). The van der Waals surface area contributed by atoms with E-state index in [2.05, 4.69) is 18.8 Å². The van der Waals surface area contributed by atoms with Gasteiger partial charge in [-0.25, -0.2) is 0 Å². The van der Waals surface area contributed by atoms with Crippen molar-refractivity contribution in [2.24, 2.45) is 0 Å². The van der Waals surface area contributed by atoms with Gasteiger partial charge in [0.1, 0.15) is 12.2 Å². The first-order valence-corrected chi connectivity index (χ1v) is 3.53. The Morgan fingerprint density at radius 3 is 2.20 bits per heavy atom. The van der Waals surface area contributed by atoms with Gasteiger partial charge in [0.2, 0.25) is 0 Å². The minimum Gasteiger partial charge on any atom is -0.0538 e. The van der Waals surface area contributed by atoms with E-state index >= 15 is 0 Å². The highest BCUT2D eigenvalue weighted by Crippen LogP contribution is 2.24. The minimum atomic E-state index is -1.39. The topological polar surface area (TPSA) is 17.1 Å². The van der Waals surface area contributed by atoms with Crippen LogP contribution in [0.1, 0.15) is 0 Å². The predicted molar refractivity (Wildman–Crippen MR) is 26.8 cm³/mol. The van der Waals surface area contributed by atoms with E-state index in [9.17, 15) is 4.57 Å². The Hall–Kier alpha value is 0.190. The molecule has 0 aliphatic rings. The first kappa shape index (κ1) is 5.19. The summed E-state index contributed by atoms with van der Waals surface area (Å²) in [7, 11) is -1.39. The maximum absolute atomic E-state index is 9.71. The molecule has 0 spiro atoms. The van der Waals surface area contributed by atoms with Gasteiger partial charge in [0.15, 0.2) is 5.82 Å². The van der Waals surface area contributed by atoms with Gasteiger partial charge in [0, 0.05) is 0 Å². The maximum Gasteiger partial charge on any atom is 0.437 e. The molecule has 5 heavy (non-hydrogen) atoms. The zero-order chi connectivity index (χ0) is 4.28. The van der Waals surface area contributed by atoms with Crippen molar-refractivity contribution < 1.29 is 4.57 Å². The zero-order valence-corrected chi connectivity index (χ0v) is 4.38. The second-order valence-electron chi connectivity index (χ2n) is 0.485. The molecule has 0 aromatic carbocycles. The van der Waals surface area contributed by atoms with Crippen LogP contribution in [-0.4, -0.2) is 0 Å². The molecule has 0 aromatic heterocycles. The molecule has 0 bridgehead atoms. The summed E-state index contributed by atoms with van der Waals surface area (Å²) in [4.78, 5) is 0. The third-order valence-electron chi connectivity index (χ3n) is 0.156. The third kappa shape index (κ3) is 4.19. The monoisotopic (exact) mass is 107 g/mol. The lowest BCUT2D eigenvalue weighted by molar-refractivity contribution is 0.601. The summed E-state index contributed by atoms with van der Waals surface area (Å²) < 4.78 is 9.71. The normalized spacial score (nSPS) is 10.2. The van der Waals surface area contributed by atoms with Gasteiger partial charge in [-0.2, -0.15) is 0 Å². The Kier molecular flexibility index (Phi) is 2.52. The molecule has 0 N–H and O–H groups in total. The third-order valence-corrected chi connectivity index (χ3v) is 0.958. The molecule has 0 heterocycles. The molecule has 0 aliphatic heterocycles. The molecule has 3 heteroatoms. The highest BCUT2D eigenvalue weighted by molar-refractivity contribution is 8.41. The SMILES string of the molecule is C=C[P+](=O)S. The number of thiol groups is 1. The van der Waals surface area contributed by atoms with Crippen LogP contribution in [0.25, 0.3) is 0 Å². The lowest BCUT2D eigenvalue weighted by Gasteiger charge is -1.41. The summed E-state index contributed by atoms with van der Waals surface area (Å²) in [5.41, 5.74) is 0. The van der Waals surface area contributed by atoms with Crippen molar-refractivity contribution >= 4 is 19.3 Å². The van der Waals surface area contributed by atoms with E-state index < -0.39 is 7.00 Å². The molecule has 1 unspecified atom stereocenters. The standard InChI is InChI=1S/C2H3OPS/c1-2-4(3)5/h2H,1H2/p+1. The highest BCUT2D eigenvalue weighted by Gasteiger charge is 1.92. The van der Waals surface area contributed by atoms with Gasteiger partial charge >= 0.3 is 7.00 Å². The predicted octanol–water partition coefficient (Wildman–Crippen LogP) is 1.80. The van der Waals surface area contributed by atoms with Crippen LogP contribution in [0.15, 0.2) is 12.4 Å². The Labute approximate surface area is 37.0 Å². The van der Waals surface area contributed by atoms with Gasteiger partial charge in [-0.1, -0.05) is 11.1 Å². The summed E-state index contributed by atoms with van der Waals surface area (Å²) in [6, 6.07) is 0. The van der Waals surface area contributed by atoms with Crippen LogP contribution in [0.3, 0.4) is 0 Å². The summed E-state index contributed by atoms with van der Waals surface area (Å²) in [5.74, 6) is 1.29. The molecule has 0 amide bonds. The van der Waals surface area contributed by atoms with Crippen molar-refractivity contribution in [1.82, 2.24) is 0 Å². The zero-order valence-electron chi connectivity index (χ0n) is 2.59. The van der Waals surface area contributed by atoms with Crippen molar-refractivity contribution in [3.8, 4) is 0 Å². The quantitative estimate of drug-likeness (QED) is 0.399. The van der Waals surface area contributed by atoms with Crippen molar-refractivity contribution in [3.05, 3.63) is 12.4 Å². The van der Waals surface area contributed by atoms with Crippen LogP contribution in [-0.2, 0) is 4.57 Å². The summed E-state index contributed by atoms with van der Waals surface area (Å²) >= 11 is 3.49. The molecule has 0 radical (unpaired) electrons. The van der Waals surface area contributed by atoms with Crippen molar-refractivity contribution in [3.63, 3.8) is 0 Å². The highest BCUT2D eigenvalue weighted by atomic mass is 32.7. The van der Waals surface area contributed by atoms with Crippen molar-refractivity contribution in [2.75, 3.05) is 0 Å². The van der Waals surface area contributed by atoms with Crippen LogP contribution in [0, 0.1) is 0 Å². The van der Waals surface area contributed by atoms with Gasteiger partial charge in [0.05, 0.1) is 0 Å².